The first-order valence-corrected chi connectivity index (χ1v) is 9.25. The Bertz CT molecular complexity index is 1110. The molecule has 0 aromatic carbocycles. The van der Waals surface area contributed by atoms with E-state index in [2.05, 4.69) is 37.3 Å². The van der Waals surface area contributed by atoms with Crippen molar-refractivity contribution in [3.8, 4) is 5.88 Å². The maximum Gasteiger partial charge on any atom is 0.256 e. The Balaban J connectivity index is 1.69. The summed E-state index contributed by atoms with van der Waals surface area (Å²) in [7, 11) is 5.12. The van der Waals surface area contributed by atoms with Gasteiger partial charge in [0.2, 0.25) is 11.9 Å². The Labute approximate surface area is 171 Å². The highest BCUT2D eigenvalue weighted by atomic mass is 19.1. The molecule has 4 rings (SSSR count). The zero-order valence-electron chi connectivity index (χ0n) is 16.8. The van der Waals surface area contributed by atoms with E-state index in [4.69, 9.17) is 4.74 Å². The van der Waals surface area contributed by atoms with E-state index in [1.165, 1.54) is 7.11 Å². The molecule has 4 heterocycles. The van der Waals surface area contributed by atoms with Gasteiger partial charge in [-0.25, -0.2) is 9.37 Å². The number of hydrogen-bond acceptors (Lipinski definition) is 8. The summed E-state index contributed by atoms with van der Waals surface area (Å²) in [5.74, 6) is 0.753. The first-order valence-electron chi connectivity index (χ1n) is 9.25. The monoisotopic (exact) mass is 415 g/mol. The average Bonchev–Trinajstić information content (AvgIpc) is 3.39. The summed E-state index contributed by atoms with van der Waals surface area (Å²) in [5.41, 5.74) is 1.75. The van der Waals surface area contributed by atoms with E-state index in [-0.39, 0.29) is 13.1 Å². The second-order valence-electron chi connectivity index (χ2n) is 6.99. The van der Waals surface area contributed by atoms with Crippen molar-refractivity contribution in [3.63, 3.8) is 0 Å². The molecule has 0 aliphatic carbocycles. The molecular formula is C18H22FN9O2. The molecule has 1 saturated heterocycles. The summed E-state index contributed by atoms with van der Waals surface area (Å²) >= 11 is 0. The van der Waals surface area contributed by atoms with Crippen LogP contribution in [-0.2, 0) is 18.9 Å². The molecular weight excluding hydrogens is 393 g/mol. The maximum atomic E-state index is 14.5. The molecule has 12 heteroatoms. The van der Waals surface area contributed by atoms with Crippen molar-refractivity contribution in [1.82, 2.24) is 34.6 Å². The molecule has 0 spiro atoms. The number of aryl methyl sites for hydroxylation is 2. The number of anilines is 3. The van der Waals surface area contributed by atoms with Gasteiger partial charge in [-0.15, -0.1) is 5.10 Å². The molecule has 1 fully saturated rings. The van der Waals surface area contributed by atoms with Crippen LogP contribution in [0.5, 0.6) is 5.88 Å². The van der Waals surface area contributed by atoms with Crippen LogP contribution in [0.15, 0.2) is 25.2 Å². The lowest BCUT2D eigenvalue weighted by Crippen LogP contribution is -2.40. The molecule has 11 nitrogen and oxygen atoms in total. The Kier molecular flexibility index (Phi) is 4.98. The summed E-state index contributed by atoms with van der Waals surface area (Å²) in [6.07, 6.45) is 3.25. The maximum absolute atomic E-state index is 14.5. The van der Waals surface area contributed by atoms with Gasteiger partial charge in [0, 0.05) is 20.6 Å². The number of aromatic nitrogens is 6. The fraction of sp³-hybridized carbons (Fsp3) is 0.389. The average molecular weight is 415 g/mol. The van der Waals surface area contributed by atoms with Crippen LogP contribution in [0.2, 0.25) is 0 Å². The van der Waals surface area contributed by atoms with Crippen molar-refractivity contribution in [2.75, 3.05) is 30.4 Å². The van der Waals surface area contributed by atoms with Crippen molar-refractivity contribution in [2.24, 2.45) is 14.1 Å². The Hall–Kier alpha value is -3.70. The number of rotatable bonds is 6. The first-order chi connectivity index (χ1) is 14.4. The fourth-order valence-corrected chi connectivity index (χ4v) is 3.36. The van der Waals surface area contributed by atoms with E-state index >= 15 is 0 Å². The fourth-order valence-electron chi connectivity index (χ4n) is 3.36. The van der Waals surface area contributed by atoms with E-state index in [9.17, 15) is 9.18 Å². The Morgan fingerprint density at radius 1 is 1.37 bits per heavy atom. The zero-order chi connectivity index (χ0) is 21.4. The highest BCUT2D eigenvalue weighted by molar-refractivity contribution is 5.88. The van der Waals surface area contributed by atoms with Gasteiger partial charge in [-0.3, -0.25) is 9.48 Å². The Morgan fingerprint density at radius 3 is 2.90 bits per heavy atom. The summed E-state index contributed by atoms with van der Waals surface area (Å²) in [5, 5.41) is 10.0. The number of fused-ring (bicyclic) bond motifs is 1. The summed E-state index contributed by atoms with van der Waals surface area (Å²) in [6.45, 7) is 3.69. The van der Waals surface area contributed by atoms with Crippen molar-refractivity contribution < 1.29 is 13.9 Å². The highest BCUT2D eigenvalue weighted by Gasteiger charge is 2.35. The van der Waals surface area contributed by atoms with Gasteiger partial charge in [-0.05, 0) is 6.08 Å². The van der Waals surface area contributed by atoms with E-state index in [1.54, 1.807) is 33.7 Å². The van der Waals surface area contributed by atoms with E-state index in [0.29, 0.717) is 34.5 Å². The van der Waals surface area contributed by atoms with Gasteiger partial charge in [0.05, 0.1) is 32.2 Å². The Morgan fingerprint density at radius 2 is 2.17 bits per heavy atom. The number of carbonyl (C=O) groups excluding carboxylic acids is 1. The number of halogens is 1. The van der Waals surface area contributed by atoms with Gasteiger partial charge < -0.3 is 24.8 Å². The molecule has 1 amide bonds. The minimum atomic E-state index is -1.26. The number of nitrogens with zero attached hydrogens (tertiary/aromatic N) is 7. The quantitative estimate of drug-likeness (QED) is 0.565. The predicted molar refractivity (Wildman–Crippen MR) is 109 cm³/mol. The van der Waals surface area contributed by atoms with Gasteiger partial charge >= 0.3 is 0 Å². The molecule has 0 unspecified atom stereocenters. The molecule has 0 saturated carbocycles. The van der Waals surface area contributed by atoms with Crippen LogP contribution in [0.3, 0.4) is 0 Å². The number of nitrogens with one attached hydrogen (secondary N) is 2. The number of hydrogen-bond donors (Lipinski definition) is 2. The van der Waals surface area contributed by atoms with Crippen LogP contribution in [0, 0.1) is 0 Å². The third-order valence-electron chi connectivity index (χ3n) is 4.83. The number of alkyl halides is 1. The van der Waals surface area contributed by atoms with Crippen LogP contribution in [-0.4, -0.2) is 67.6 Å². The number of methoxy groups -OCH3 is 1. The molecule has 0 radical (unpaired) electrons. The summed E-state index contributed by atoms with van der Waals surface area (Å²) < 4.78 is 23.2. The van der Waals surface area contributed by atoms with Crippen molar-refractivity contribution in [1.29, 1.82) is 0 Å². The summed E-state index contributed by atoms with van der Waals surface area (Å²) in [6, 6.07) is -0.670. The highest BCUT2D eigenvalue weighted by Crippen LogP contribution is 2.30. The first kappa shape index (κ1) is 19.6. The minimum absolute atomic E-state index is 0.0566. The number of carbonyl (C=O) groups is 1. The number of ether oxygens (including phenoxy) is 1. The molecule has 0 bridgehead atoms. The number of imidazole rings is 1. The minimum Gasteiger partial charge on any atom is -0.478 e. The normalized spacial score (nSPS) is 18.6. The second kappa shape index (κ2) is 7.61. The lowest BCUT2D eigenvalue weighted by atomic mass is 10.2. The van der Waals surface area contributed by atoms with Crippen LogP contribution in [0.25, 0.3) is 11.2 Å². The largest absolute Gasteiger partial charge is 0.478 e. The predicted octanol–water partition coefficient (Wildman–Crippen LogP) is 0.678. The topological polar surface area (TPSA) is 115 Å². The van der Waals surface area contributed by atoms with Crippen LogP contribution < -0.4 is 20.3 Å². The van der Waals surface area contributed by atoms with Crippen LogP contribution >= 0.6 is 0 Å². The third-order valence-corrected chi connectivity index (χ3v) is 4.83. The van der Waals surface area contributed by atoms with Gasteiger partial charge in [-0.1, -0.05) is 6.58 Å². The van der Waals surface area contributed by atoms with Gasteiger partial charge in [0.25, 0.3) is 5.88 Å². The van der Waals surface area contributed by atoms with Gasteiger partial charge in [-0.2, -0.15) is 9.97 Å². The molecule has 3 aromatic rings. The van der Waals surface area contributed by atoms with Crippen molar-refractivity contribution in [3.05, 3.63) is 25.2 Å². The summed E-state index contributed by atoms with van der Waals surface area (Å²) in [4.78, 5) is 26.8. The van der Waals surface area contributed by atoms with E-state index in [1.807, 2.05) is 7.05 Å². The number of amides is 1. The zero-order valence-corrected chi connectivity index (χ0v) is 16.8. The lowest BCUT2D eigenvalue weighted by Gasteiger charge is -2.17. The van der Waals surface area contributed by atoms with E-state index < -0.39 is 18.1 Å². The van der Waals surface area contributed by atoms with Crippen LogP contribution in [0.1, 0.15) is 0 Å². The van der Waals surface area contributed by atoms with Crippen molar-refractivity contribution in [2.45, 2.75) is 12.2 Å². The molecule has 30 heavy (non-hydrogen) atoms. The van der Waals surface area contributed by atoms with Crippen LogP contribution in [0.4, 0.5) is 21.8 Å². The molecule has 2 N–H and O–H groups in total. The van der Waals surface area contributed by atoms with Gasteiger partial charge in [0.1, 0.15) is 11.9 Å². The van der Waals surface area contributed by atoms with Gasteiger partial charge in [0.15, 0.2) is 17.0 Å². The SMILES string of the molecule is C=CC(=O)N[C@@H]1CN(c2nc(Nc3cn(C)nc3OC)c3ncn(C)c3n2)C[C@@H]1F. The molecule has 1 aliphatic rings. The molecule has 3 aromatic heterocycles. The molecule has 1 aliphatic heterocycles. The lowest BCUT2D eigenvalue weighted by molar-refractivity contribution is -0.117. The standard InChI is InChI=1S/C18H22FN9O2/c1-5-13(29)21-11-8-28(6-10(11)19)18-23-15(14-16(24-18)26(2)9-20-14)22-12-7-27(3)25-17(12)30-4/h5,7,9-11H,1,6,8H2,2-4H3,(H,21,29)(H,22,23,24)/t10-,11+/m0/s1. The van der Waals surface area contributed by atoms with Crippen molar-refractivity contribution >= 4 is 34.5 Å². The second-order valence-corrected chi connectivity index (χ2v) is 6.99. The molecule has 2 atom stereocenters. The molecule has 158 valence electrons. The third kappa shape index (κ3) is 3.51. The van der Waals surface area contributed by atoms with E-state index in [0.717, 1.165) is 6.08 Å². The smallest absolute Gasteiger partial charge is 0.256 e.